The fourth-order valence-electron chi connectivity index (χ4n) is 1.30. The van der Waals surface area contributed by atoms with Crippen molar-refractivity contribution in [3.05, 3.63) is 28.9 Å². The van der Waals surface area contributed by atoms with Gasteiger partial charge in [-0.05, 0) is 17.5 Å². The van der Waals surface area contributed by atoms with Crippen LogP contribution in [0.15, 0.2) is 23.6 Å². The van der Waals surface area contributed by atoms with Crippen molar-refractivity contribution in [1.82, 2.24) is 10.3 Å². The maximum atomic E-state index is 9.84. The molecule has 0 aliphatic rings. The number of anilines is 1. The zero-order valence-electron chi connectivity index (χ0n) is 8.10. The summed E-state index contributed by atoms with van der Waals surface area (Å²) < 4.78 is 0. The molecule has 0 radical (unpaired) electrons. The highest BCUT2D eigenvalue weighted by atomic mass is 16.3. The summed E-state index contributed by atoms with van der Waals surface area (Å²) in [5.41, 5.74) is 7.47. The molecule has 1 unspecified atom stereocenters. The minimum absolute atomic E-state index is 0.134. The lowest BCUT2D eigenvalue weighted by Crippen LogP contribution is -2.20. The molecule has 0 bridgehead atoms. The summed E-state index contributed by atoms with van der Waals surface area (Å²) in [5.74, 6) is 0.250. The van der Waals surface area contributed by atoms with E-state index in [1.807, 2.05) is 13.0 Å². The van der Waals surface area contributed by atoms with E-state index in [1.165, 1.54) is 0 Å². The second kappa shape index (κ2) is 5.29. The van der Waals surface area contributed by atoms with Gasteiger partial charge in [-0.2, -0.15) is 0 Å². The highest BCUT2D eigenvalue weighted by Gasteiger charge is 2.07. The molecule has 0 aliphatic heterocycles. The number of nitroso groups, excluding NO2 is 1. The van der Waals surface area contributed by atoms with Gasteiger partial charge in [0.1, 0.15) is 6.67 Å². The fraction of sp³-hybridized carbons (Fsp3) is 0.444. The molecular formula is C9H14N4O. The molecule has 0 saturated heterocycles. The molecule has 5 nitrogen and oxygen atoms in total. The lowest BCUT2D eigenvalue weighted by Gasteiger charge is -2.13. The average Bonchev–Trinajstić information content (AvgIpc) is 2.18. The summed E-state index contributed by atoms with van der Waals surface area (Å²) in [7, 11) is 0. The Hall–Kier alpha value is -1.49. The summed E-state index contributed by atoms with van der Waals surface area (Å²) in [4.78, 5) is 13.8. The van der Waals surface area contributed by atoms with Gasteiger partial charge in [0.05, 0.1) is 11.9 Å². The van der Waals surface area contributed by atoms with Gasteiger partial charge >= 0.3 is 0 Å². The Morgan fingerprint density at radius 1 is 1.71 bits per heavy atom. The Morgan fingerprint density at radius 3 is 3.14 bits per heavy atom. The minimum atomic E-state index is 0.134. The first-order chi connectivity index (χ1) is 6.75. The maximum absolute atomic E-state index is 9.84. The van der Waals surface area contributed by atoms with Crippen LogP contribution in [0.25, 0.3) is 0 Å². The molecule has 0 saturated carbocycles. The van der Waals surface area contributed by atoms with Crippen molar-refractivity contribution >= 4 is 5.69 Å². The van der Waals surface area contributed by atoms with Gasteiger partial charge in [0.25, 0.3) is 0 Å². The second-order valence-electron chi connectivity index (χ2n) is 3.15. The van der Waals surface area contributed by atoms with Crippen LogP contribution in [0.4, 0.5) is 5.69 Å². The summed E-state index contributed by atoms with van der Waals surface area (Å²) in [6.07, 6.45) is 3.34. The third kappa shape index (κ3) is 2.77. The predicted molar refractivity (Wildman–Crippen MR) is 55.7 cm³/mol. The van der Waals surface area contributed by atoms with E-state index in [0.29, 0.717) is 12.2 Å². The highest BCUT2D eigenvalue weighted by molar-refractivity contribution is 5.45. The number of aromatic nitrogens is 1. The Kier molecular flexibility index (Phi) is 4.00. The number of hydrogen-bond acceptors (Lipinski definition) is 5. The molecule has 3 N–H and O–H groups in total. The number of nitrogens with two attached hydrogens (primary N) is 1. The van der Waals surface area contributed by atoms with E-state index in [0.717, 1.165) is 5.56 Å². The number of nitrogens with zero attached hydrogens (tertiary/aromatic N) is 2. The molecule has 1 aromatic heterocycles. The van der Waals surface area contributed by atoms with Gasteiger partial charge in [0.2, 0.25) is 0 Å². The largest absolute Gasteiger partial charge is 0.397 e. The van der Waals surface area contributed by atoms with Gasteiger partial charge in [0.15, 0.2) is 0 Å². The summed E-state index contributed by atoms with van der Waals surface area (Å²) in [6, 6.07) is 1.88. The van der Waals surface area contributed by atoms with Crippen LogP contribution >= 0.6 is 0 Å². The molecule has 0 aliphatic carbocycles. The molecule has 0 amide bonds. The number of nitrogens with one attached hydrogen (secondary N) is 1. The first-order valence-electron chi connectivity index (χ1n) is 4.45. The van der Waals surface area contributed by atoms with Crippen molar-refractivity contribution in [2.24, 2.45) is 5.18 Å². The third-order valence-corrected chi connectivity index (χ3v) is 2.04. The summed E-state index contributed by atoms with van der Waals surface area (Å²) >= 11 is 0. The number of hydrogen-bond donors (Lipinski definition) is 2. The van der Waals surface area contributed by atoms with Gasteiger partial charge in [-0.3, -0.25) is 10.3 Å². The van der Waals surface area contributed by atoms with E-state index >= 15 is 0 Å². The van der Waals surface area contributed by atoms with Crippen molar-refractivity contribution in [3.8, 4) is 0 Å². The highest BCUT2D eigenvalue weighted by Crippen LogP contribution is 2.19. The summed E-state index contributed by atoms with van der Waals surface area (Å²) in [6.45, 7) is 2.85. The lowest BCUT2D eigenvalue weighted by atomic mass is 10.0. The van der Waals surface area contributed by atoms with Gasteiger partial charge in [0, 0.05) is 12.7 Å². The topological polar surface area (TPSA) is 80.4 Å². The SMILES string of the molecule is CC(CNCN=O)c1ccncc1N. The van der Waals surface area contributed by atoms with Gasteiger partial charge in [-0.25, -0.2) is 0 Å². The summed E-state index contributed by atoms with van der Waals surface area (Å²) in [5, 5.41) is 5.62. The van der Waals surface area contributed by atoms with Crippen LogP contribution in [0.1, 0.15) is 18.4 Å². The van der Waals surface area contributed by atoms with E-state index in [2.05, 4.69) is 15.5 Å². The molecule has 14 heavy (non-hydrogen) atoms. The monoisotopic (exact) mass is 194 g/mol. The zero-order chi connectivity index (χ0) is 10.4. The molecule has 1 aromatic rings. The van der Waals surface area contributed by atoms with Crippen molar-refractivity contribution in [2.45, 2.75) is 12.8 Å². The van der Waals surface area contributed by atoms with Gasteiger partial charge in [-0.15, -0.1) is 4.91 Å². The molecule has 0 aromatic carbocycles. The third-order valence-electron chi connectivity index (χ3n) is 2.04. The Balaban J connectivity index is 2.55. The van der Waals surface area contributed by atoms with Crippen LogP contribution in [0.5, 0.6) is 0 Å². The van der Waals surface area contributed by atoms with Crippen molar-refractivity contribution in [2.75, 3.05) is 18.9 Å². The van der Waals surface area contributed by atoms with E-state index < -0.39 is 0 Å². The Labute approximate surface area is 82.7 Å². The Morgan fingerprint density at radius 2 is 2.50 bits per heavy atom. The number of pyridine rings is 1. The van der Waals surface area contributed by atoms with E-state index in [1.54, 1.807) is 12.4 Å². The molecule has 0 fully saturated rings. The quantitative estimate of drug-likeness (QED) is 0.543. The average molecular weight is 194 g/mol. The van der Waals surface area contributed by atoms with Crippen molar-refractivity contribution in [1.29, 1.82) is 0 Å². The standard InChI is InChI=1S/C9H14N4O/c1-7(4-12-6-13-14)8-2-3-11-5-9(8)10/h2-3,5,7,12H,4,6,10H2,1H3. The fourth-order valence-corrected chi connectivity index (χ4v) is 1.30. The van der Waals surface area contributed by atoms with Crippen LogP contribution in [0.3, 0.4) is 0 Å². The molecule has 1 rings (SSSR count). The molecule has 1 heterocycles. The van der Waals surface area contributed by atoms with Crippen LogP contribution < -0.4 is 11.1 Å². The number of nitrogen functional groups attached to an aromatic ring is 1. The van der Waals surface area contributed by atoms with E-state index in [9.17, 15) is 4.91 Å². The van der Waals surface area contributed by atoms with Crippen molar-refractivity contribution < 1.29 is 0 Å². The predicted octanol–water partition coefficient (Wildman–Crippen LogP) is 1.08. The zero-order valence-corrected chi connectivity index (χ0v) is 8.10. The molecule has 0 spiro atoms. The second-order valence-corrected chi connectivity index (χ2v) is 3.15. The minimum Gasteiger partial charge on any atom is -0.397 e. The van der Waals surface area contributed by atoms with Gasteiger partial charge < -0.3 is 5.73 Å². The maximum Gasteiger partial charge on any atom is 0.131 e. The van der Waals surface area contributed by atoms with E-state index in [-0.39, 0.29) is 12.6 Å². The molecular weight excluding hydrogens is 180 g/mol. The van der Waals surface area contributed by atoms with Crippen LogP contribution in [0.2, 0.25) is 0 Å². The van der Waals surface area contributed by atoms with Crippen LogP contribution in [0, 0.1) is 4.91 Å². The van der Waals surface area contributed by atoms with Gasteiger partial charge in [-0.1, -0.05) is 12.1 Å². The van der Waals surface area contributed by atoms with Crippen molar-refractivity contribution in [3.63, 3.8) is 0 Å². The molecule has 1 atom stereocenters. The van der Waals surface area contributed by atoms with E-state index in [4.69, 9.17) is 5.73 Å². The van der Waals surface area contributed by atoms with Crippen LogP contribution in [-0.2, 0) is 0 Å². The van der Waals surface area contributed by atoms with Crippen LogP contribution in [-0.4, -0.2) is 18.2 Å². The smallest absolute Gasteiger partial charge is 0.131 e. The molecule has 5 heteroatoms. The molecule has 76 valence electrons. The Bertz CT molecular complexity index is 303. The normalized spacial score (nSPS) is 12.4. The lowest BCUT2D eigenvalue weighted by molar-refractivity contribution is 0.626. The first kappa shape index (κ1) is 10.6. The first-order valence-corrected chi connectivity index (χ1v) is 4.45. The number of rotatable bonds is 5.